The van der Waals surface area contributed by atoms with E-state index in [0.717, 1.165) is 30.9 Å². The Morgan fingerprint density at radius 2 is 1.83 bits per heavy atom. The summed E-state index contributed by atoms with van der Waals surface area (Å²) in [6.07, 6.45) is 2.35. The van der Waals surface area contributed by atoms with Gasteiger partial charge in [-0.05, 0) is 61.4 Å². The van der Waals surface area contributed by atoms with Crippen molar-refractivity contribution in [1.82, 2.24) is 10.2 Å². The summed E-state index contributed by atoms with van der Waals surface area (Å²) in [6.45, 7) is 1.40. The van der Waals surface area contributed by atoms with Crippen LogP contribution in [0.1, 0.15) is 23.3 Å². The summed E-state index contributed by atoms with van der Waals surface area (Å²) in [5.74, 6) is 1.04. The van der Waals surface area contributed by atoms with Crippen molar-refractivity contribution in [3.8, 4) is 5.75 Å². The van der Waals surface area contributed by atoms with E-state index in [4.69, 9.17) is 9.47 Å². The van der Waals surface area contributed by atoms with Gasteiger partial charge < -0.3 is 20.1 Å². The number of carbonyl (C=O) groups is 1. The number of para-hydroxylation sites is 1. The van der Waals surface area contributed by atoms with Crippen molar-refractivity contribution in [3.05, 3.63) is 72.4 Å². The molecule has 0 bridgehead atoms. The zero-order chi connectivity index (χ0) is 19.9. The van der Waals surface area contributed by atoms with Gasteiger partial charge in [-0.15, -0.1) is 10.2 Å². The molecular weight excluding hydrogens is 368 g/mol. The van der Waals surface area contributed by atoms with Gasteiger partial charge in [0.15, 0.2) is 11.5 Å². The summed E-state index contributed by atoms with van der Waals surface area (Å²) < 4.78 is 11.3. The van der Waals surface area contributed by atoms with Crippen LogP contribution in [-0.4, -0.2) is 35.4 Å². The number of carbonyl (C=O) groups excluding carboxylic acids is 1. The van der Waals surface area contributed by atoms with Gasteiger partial charge in [0, 0.05) is 18.0 Å². The molecule has 1 fully saturated rings. The van der Waals surface area contributed by atoms with Crippen LogP contribution in [0.2, 0.25) is 0 Å². The van der Waals surface area contributed by atoms with E-state index in [-0.39, 0.29) is 17.7 Å². The predicted molar refractivity (Wildman–Crippen MR) is 111 cm³/mol. The third kappa shape index (κ3) is 5.30. The maximum atomic E-state index is 12.2. The zero-order valence-electron chi connectivity index (χ0n) is 15.9. The van der Waals surface area contributed by atoms with Crippen molar-refractivity contribution in [3.63, 3.8) is 0 Å². The molecule has 2 N–H and O–H groups in total. The number of rotatable bonds is 7. The minimum absolute atomic E-state index is 0.195. The van der Waals surface area contributed by atoms with Crippen LogP contribution >= 0.6 is 0 Å². The van der Waals surface area contributed by atoms with E-state index < -0.39 is 0 Å². The summed E-state index contributed by atoms with van der Waals surface area (Å²) >= 11 is 0. The van der Waals surface area contributed by atoms with E-state index in [0.29, 0.717) is 18.1 Å². The van der Waals surface area contributed by atoms with Crippen molar-refractivity contribution in [2.75, 3.05) is 23.8 Å². The van der Waals surface area contributed by atoms with Crippen molar-refractivity contribution in [2.45, 2.75) is 18.9 Å². The molecule has 4 rings (SSSR count). The molecule has 1 aromatic heterocycles. The number of ether oxygens (including phenoxy) is 2. The van der Waals surface area contributed by atoms with Gasteiger partial charge in [-0.25, -0.2) is 0 Å². The van der Waals surface area contributed by atoms with Gasteiger partial charge in [0.2, 0.25) is 0 Å². The fraction of sp³-hybridized carbons (Fsp3) is 0.227. The van der Waals surface area contributed by atoms with E-state index >= 15 is 0 Å². The van der Waals surface area contributed by atoms with Gasteiger partial charge >= 0.3 is 0 Å². The molecule has 148 valence electrons. The lowest BCUT2D eigenvalue weighted by Crippen LogP contribution is -2.16. The van der Waals surface area contributed by atoms with Crippen LogP contribution in [-0.2, 0) is 4.74 Å². The predicted octanol–water partition coefficient (Wildman–Crippen LogP) is 4.03. The van der Waals surface area contributed by atoms with E-state index in [2.05, 4.69) is 20.8 Å². The molecule has 1 amide bonds. The first-order valence-electron chi connectivity index (χ1n) is 9.58. The van der Waals surface area contributed by atoms with E-state index in [1.54, 1.807) is 12.1 Å². The van der Waals surface area contributed by atoms with E-state index in [1.165, 1.54) is 0 Å². The van der Waals surface area contributed by atoms with Gasteiger partial charge in [-0.2, -0.15) is 0 Å². The lowest BCUT2D eigenvalue weighted by atomic mass is 10.2. The lowest BCUT2D eigenvalue weighted by molar-refractivity contribution is 0.0679. The molecule has 1 unspecified atom stereocenters. The molecule has 0 spiro atoms. The molecule has 7 heteroatoms. The van der Waals surface area contributed by atoms with Crippen LogP contribution in [0.5, 0.6) is 5.75 Å². The van der Waals surface area contributed by atoms with E-state index in [1.807, 2.05) is 54.6 Å². The van der Waals surface area contributed by atoms with Gasteiger partial charge in [-0.3, -0.25) is 4.79 Å². The number of hydrogen-bond donors (Lipinski definition) is 2. The molecule has 1 atom stereocenters. The summed E-state index contributed by atoms with van der Waals surface area (Å²) in [5.41, 5.74) is 1.81. The highest BCUT2D eigenvalue weighted by Gasteiger charge is 2.16. The van der Waals surface area contributed by atoms with Crippen molar-refractivity contribution < 1.29 is 14.3 Å². The van der Waals surface area contributed by atoms with Gasteiger partial charge in [0.05, 0.1) is 6.10 Å². The molecule has 1 aliphatic rings. The highest BCUT2D eigenvalue weighted by molar-refractivity contribution is 6.02. The van der Waals surface area contributed by atoms with Crippen molar-refractivity contribution >= 4 is 23.1 Å². The zero-order valence-corrected chi connectivity index (χ0v) is 15.9. The first-order valence-corrected chi connectivity index (χ1v) is 9.58. The Labute approximate surface area is 169 Å². The van der Waals surface area contributed by atoms with E-state index in [9.17, 15) is 4.79 Å². The molecular formula is C22H22N4O3. The van der Waals surface area contributed by atoms with Crippen molar-refractivity contribution in [1.29, 1.82) is 0 Å². The molecule has 2 aromatic carbocycles. The molecule has 7 nitrogen and oxygen atoms in total. The highest BCUT2D eigenvalue weighted by Crippen LogP contribution is 2.20. The second-order valence-corrected chi connectivity index (χ2v) is 6.72. The fourth-order valence-electron chi connectivity index (χ4n) is 2.98. The molecule has 1 saturated heterocycles. The first kappa shape index (κ1) is 18.9. The number of aromatic nitrogens is 2. The standard InChI is InChI=1S/C22H22N4O3/c27-22(24-16-5-2-1-3-6-16)20-12-13-21(26-25-20)23-17-8-10-18(11-9-17)29-15-19-7-4-14-28-19/h1-3,5-6,8-13,19H,4,7,14-15H2,(H,23,26)(H,24,27). The van der Waals surface area contributed by atoms with Crippen molar-refractivity contribution in [2.24, 2.45) is 0 Å². The number of hydrogen-bond acceptors (Lipinski definition) is 6. The Hall–Kier alpha value is -3.45. The number of anilines is 3. The SMILES string of the molecule is O=C(Nc1ccccc1)c1ccc(Nc2ccc(OCC3CCCO3)cc2)nn1. The van der Waals surface area contributed by atoms with Crippen LogP contribution in [0.3, 0.4) is 0 Å². The summed E-state index contributed by atoms with van der Waals surface area (Å²) in [6, 6.07) is 20.2. The summed E-state index contributed by atoms with van der Waals surface area (Å²) in [5, 5.41) is 14.0. The molecule has 0 saturated carbocycles. The van der Waals surface area contributed by atoms with Crippen LogP contribution in [0.15, 0.2) is 66.7 Å². The monoisotopic (exact) mass is 390 g/mol. The molecule has 29 heavy (non-hydrogen) atoms. The van der Waals surface area contributed by atoms with Crippen LogP contribution in [0, 0.1) is 0 Å². The Balaban J connectivity index is 1.30. The molecule has 2 heterocycles. The Bertz CT molecular complexity index is 925. The minimum Gasteiger partial charge on any atom is -0.491 e. The number of benzene rings is 2. The molecule has 3 aromatic rings. The van der Waals surface area contributed by atoms with Crippen LogP contribution < -0.4 is 15.4 Å². The molecule has 0 aliphatic carbocycles. The quantitative estimate of drug-likeness (QED) is 0.634. The Kier molecular flexibility index (Phi) is 5.97. The normalized spacial score (nSPS) is 15.7. The Morgan fingerprint density at radius 3 is 2.52 bits per heavy atom. The second-order valence-electron chi connectivity index (χ2n) is 6.72. The van der Waals surface area contributed by atoms with Crippen LogP contribution in [0.25, 0.3) is 0 Å². The third-order valence-corrected chi connectivity index (χ3v) is 4.52. The topological polar surface area (TPSA) is 85.4 Å². The summed E-state index contributed by atoms with van der Waals surface area (Å²) in [7, 11) is 0. The van der Waals surface area contributed by atoms with Crippen LogP contribution in [0.4, 0.5) is 17.2 Å². The van der Waals surface area contributed by atoms with Gasteiger partial charge in [0.25, 0.3) is 5.91 Å². The fourth-order valence-corrected chi connectivity index (χ4v) is 2.98. The maximum absolute atomic E-state index is 12.2. The highest BCUT2D eigenvalue weighted by atomic mass is 16.5. The lowest BCUT2D eigenvalue weighted by Gasteiger charge is -2.12. The number of amides is 1. The number of nitrogens with zero attached hydrogens (tertiary/aromatic N) is 2. The minimum atomic E-state index is -0.303. The van der Waals surface area contributed by atoms with Gasteiger partial charge in [-0.1, -0.05) is 18.2 Å². The largest absolute Gasteiger partial charge is 0.491 e. The molecule has 1 aliphatic heterocycles. The Morgan fingerprint density at radius 1 is 1.00 bits per heavy atom. The maximum Gasteiger partial charge on any atom is 0.276 e. The average molecular weight is 390 g/mol. The third-order valence-electron chi connectivity index (χ3n) is 4.52. The average Bonchev–Trinajstić information content (AvgIpc) is 3.28. The molecule has 0 radical (unpaired) electrons. The summed E-state index contributed by atoms with van der Waals surface area (Å²) in [4.78, 5) is 12.2. The smallest absolute Gasteiger partial charge is 0.276 e. The number of nitrogens with one attached hydrogen (secondary N) is 2. The van der Waals surface area contributed by atoms with Gasteiger partial charge in [0.1, 0.15) is 12.4 Å². The second kappa shape index (κ2) is 9.16. The first-order chi connectivity index (χ1) is 14.3.